The number of rotatable bonds is 3. The van der Waals surface area contributed by atoms with Gasteiger partial charge in [0, 0.05) is 18.0 Å². The maximum Gasteiger partial charge on any atom is 0.339 e. The van der Waals surface area contributed by atoms with Crippen molar-refractivity contribution in [2.24, 2.45) is 0 Å². The highest BCUT2D eigenvalue weighted by Gasteiger charge is 2.19. The lowest BCUT2D eigenvalue weighted by molar-refractivity contribution is 0.0697. The summed E-state index contributed by atoms with van der Waals surface area (Å²) < 4.78 is 4.77. The predicted octanol–water partition coefficient (Wildman–Crippen LogP) is 1.57. The van der Waals surface area contributed by atoms with Crippen molar-refractivity contribution in [3.05, 3.63) is 35.0 Å². The van der Waals surface area contributed by atoms with Gasteiger partial charge in [0.1, 0.15) is 11.3 Å². The molecule has 7 heteroatoms. The molecule has 1 amide bonds. The fourth-order valence-corrected chi connectivity index (χ4v) is 1.56. The minimum absolute atomic E-state index is 0.0311. The predicted molar refractivity (Wildman–Crippen MR) is 61.7 cm³/mol. The number of aromatic carboxylic acids is 1. The van der Waals surface area contributed by atoms with Crippen LogP contribution in [-0.4, -0.2) is 27.1 Å². The van der Waals surface area contributed by atoms with E-state index in [2.05, 4.69) is 15.5 Å². The van der Waals surface area contributed by atoms with Crippen molar-refractivity contribution in [1.29, 1.82) is 0 Å². The van der Waals surface area contributed by atoms with E-state index < -0.39 is 11.9 Å². The van der Waals surface area contributed by atoms with Crippen LogP contribution < -0.4 is 5.32 Å². The summed E-state index contributed by atoms with van der Waals surface area (Å²) in [6.07, 6.45) is 1.42. The second-order valence-corrected chi connectivity index (χ2v) is 3.78. The van der Waals surface area contributed by atoms with Gasteiger partial charge in [0.05, 0.1) is 5.69 Å². The molecule has 0 saturated carbocycles. The van der Waals surface area contributed by atoms with Crippen molar-refractivity contribution < 1.29 is 19.2 Å². The third-order valence-corrected chi connectivity index (χ3v) is 2.40. The molecule has 0 spiro atoms. The number of carboxylic acids is 1. The van der Waals surface area contributed by atoms with Crippen LogP contribution in [0, 0.1) is 13.8 Å². The van der Waals surface area contributed by atoms with Gasteiger partial charge in [0.15, 0.2) is 5.69 Å². The average molecular weight is 249 g/mol. The number of aromatic nitrogens is 2. The topological polar surface area (TPSA) is 108 Å². The number of hydrogen-bond donors (Lipinski definition) is 3. The lowest BCUT2D eigenvalue weighted by Crippen LogP contribution is -2.14. The Morgan fingerprint density at radius 3 is 2.72 bits per heavy atom. The fraction of sp³-hybridized carbons (Fsp3) is 0.182. The molecule has 18 heavy (non-hydrogen) atoms. The first-order valence-corrected chi connectivity index (χ1v) is 5.15. The highest BCUT2D eigenvalue weighted by molar-refractivity contribution is 6.07. The highest BCUT2D eigenvalue weighted by Crippen LogP contribution is 2.19. The molecule has 0 radical (unpaired) electrons. The maximum absolute atomic E-state index is 11.8. The zero-order chi connectivity index (χ0) is 13.3. The van der Waals surface area contributed by atoms with E-state index in [1.165, 1.54) is 12.3 Å². The number of aromatic amines is 1. The van der Waals surface area contributed by atoms with Crippen LogP contribution in [0.25, 0.3) is 0 Å². The molecular formula is C11H11N3O4. The number of carbonyl (C=O) groups is 2. The van der Waals surface area contributed by atoms with Crippen LogP contribution in [0.1, 0.15) is 32.3 Å². The molecule has 2 aromatic heterocycles. The first-order valence-electron chi connectivity index (χ1n) is 5.15. The first kappa shape index (κ1) is 11.9. The summed E-state index contributed by atoms with van der Waals surface area (Å²) in [7, 11) is 0. The van der Waals surface area contributed by atoms with Crippen molar-refractivity contribution in [2.75, 3.05) is 5.32 Å². The molecule has 2 aromatic rings. The van der Waals surface area contributed by atoms with Crippen LogP contribution in [0.2, 0.25) is 0 Å². The Morgan fingerprint density at radius 1 is 1.44 bits per heavy atom. The number of anilines is 1. The van der Waals surface area contributed by atoms with E-state index in [9.17, 15) is 9.59 Å². The Morgan fingerprint density at radius 2 is 2.17 bits per heavy atom. The van der Waals surface area contributed by atoms with Crippen LogP contribution >= 0.6 is 0 Å². The number of nitrogens with one attached hydrogen (secondary N) is 2. The van der Waals surface area contributed by atoms with Gasteiger partial charge in [-0.25, -0.2) is 4.79 Å². The monoisotopic (exact) mass is 249 g/mol. The van der Waals surface area contributed by atoms with Crippen LogP contribution in [-0.2, 0) is 0 Å². The fourth-order valence-electron chi connectivity index (χ4n) is 1.56. The molecular weight excluding hydrogens is 238 g/mol. The molecule has 0 saturated heterocycles. The van der Waals surface area contributed by atoms with Crippen LogP contribution in [0.4, 0.5) is 5.69 Å². The summed E-state index contributed by atoms with van der Waals surface area (Å²) in [5.41, 5.74) is 0.797. The normalized spacial score (nSPS) is 10.3. The zero-order valence-corrected chi connectivity index (χ0v) is 9.77. The average Bonchev–Trinajstić information content (AvgIpc) is 2.85. The Kier molecular flexibility index (Phi) is 2.88. The second kappa shape index (κ2) is 4.36. The van der Waals surface area contributed by atoms with Gasteiger partial charge in [-0.15, -0.1) is 0 Å². The summed E-state index contributed by atoms with van der Waals surface area (Å²) in [5.74, 6) is -1.13. The lowest BCUT2D eigenvalue weighted by Gasteiger charge is -2.01. The largest absolute Gasteiger partial charge is 0.478 e. The minimum Gasteiger partial charge on any atom is -0.478 e. The van der Waals surface area contributed by atoms with Crippen molar-refractivity contribution in [2.45, 2.75) is 13.8 Å². The number of nitrogens with zero attached hydrogens (tertiary/aromatic N) is 1. The van der Waals surface area contributed by atoms with Gasteiger partial charge in [-0.2, -0.15) is 0 Å². The van der Waals surface area contributed by atoms with E-state index in [0.29, 0.717) is 11.5 Å². The summed E-state index contributed by atoms with van der Waals surface area (Å²) in [5, 5.41) is 15.0. The molecule has 0 atom stereocenters. The van der Waals surface area contributed by atoms with Gasteiger partial charge in [0.25, 0.3) is 5.91 Å². The van der Waals surface area contributed by atoms with Gasteiger partial charge < -0.3 is 19.9 Å². The Balaban J connectivity index is 2.25. The number of carbonyl (C=O) groups excluding carboxylic acids is 1. The standard InChI is InChI=1S/C11H11N3O4/c1-5-3-7(14-18-5)10(15)13-8-4-12-6(2)9(8)11(16)17/h3-4,12H,1-2H3,(H,13,15)(H,16,17). The molecule has 0 fully saturated rings. The Bertz CT molecular complexity index is 612. The van der Waals surface area contributed by atoms with E-state index >= 15 is 0 Å². The van der Waals surface area contributed by atoms with E-state index in [-0.39, 0.29) is 16.9 Å². The molecule has 0 aromatic carbocycles. The minimum atomic E-state index is -1.11. The SMILES string of the molecule is Cc1cc(C(=O)Nc2c[nH]c(C)c2C(=O)O)no1. The summed E-state index contributed by atoms with van der Waals surface area (Å²) >= 11 is 0. The molecule has 0 aliphatic heterocycles. The molecule has 0 bridgehead atoms. The molecule has 0 aliphatic carbocycles. The van der Waals surface area contributed by atoms with Crippen LogP contribution in [0.3, 0.4) is 0 Å². The molecule has 3 N–H and O–H groups in total. The van der Waals surface area contributed by atoms with Gasteiger partial charge in [-0.05, 0) is 13.8 Å². The summed E-state index contributed by atoms with van der Waals surface area (Å²) in [6.45, 7) is 3.27. The van der Waals surface area contributed by atoms with Gasteiger partial charge in [-0.1, -0.05) is 5.16 Å². The van der Waals surface area contributed by atoms with Crippen molar-refractivity contribution in [3.8, 4) is 0 Å². The third kappa shape index (κ3) is 2.10. The van der Waals surface area contributed by atoms with Crippen molar-refractivity contribution in [1.82, 2.24) is 10.1 Å². The smallest absolute Gasteiger partial charge is 0.339 e. The number of amides is 1. The Labute approximate surface area is 102 Å². The van der Waals surface area contributed by atoms with Crippen molar-refractivity contribution >= 4 is 17.6 Å². The van der Waals surface area contributed by atoms with E-state index in [0.717, 1.165) is 0 Å². The van der Waals surface area contributed by atoms with Gasteiger partial charge in [0.2, 0.25) is 0 Å². The number of hydrogen-bond acceptors (Lipinski definition) is 4. The quantitative estimate of drug-likeness (QED) is 0.765. The molecule has 94 valence electrons. The number of aryl methyl sites for hydroxylation is 2. The first-order chi connectivity index (χ1) is 8.49. The lowest BCUT2D eigenvalue weighted by atomic mass is 10.2. The highest BCUT2D eigenvalue weighted by atomic mass is 16.5. The van der Waals surface area contributed by atoms with E-state index in [4.69, 9.17) is 9.63 Å². The molecule has 7 nitrogen and oxygen atoms in total. The summed E-state index contributed by atoms with van der Waals surface area (Å²) in [4.78, 5) is 25.5. The van der Waals surface area contributed by atoms with Crippen molar-refractivity contribution in [3.63, 3.8) is 0 Å². The molecule has 0 aliphatic rings. The van der Waals surface area contributed by atoms with E-state index in [1.807, 2.05) is 0 Å². The molecule has 2 heterocycles. The second-order valence-electron chi connectivity index (χ2n) is 3.78. The summed E-state index contributed by atoms with van der Waals surface area (Å²) in [6, 6.07) is 1.47. The van der Waals surface area contributed by atoms with Crippen LogP contribution in [0.5, 0.6) is 0 Å². The van der Waals surface area contributed by atoms with Crippen LogP contribution in [0.15, 0.2) is 16.8 Å². The Hall–Kier alpha value is -2.57. The maximum atomic E-state index is 11.8. The molecule has 0 unspecified atom stereocenters. The van der Waals surface area contributed by atoms with Gasteiger partial charge >= 0.3 is 5.97 Å². The molecule has 2 rings (SSSR count). The third-order valence-electron chi connectivity index (χ3n) is 2.40. The number of carboxylic acid groups (broad SMARTS) is 1. The number of H-pyrrole nitrogens is 1. The van der Waals surface area contributed by atoms with Gasteiger partial charge in [-0.3, -0.25) is 4.79 Å². The van der Waals surface area contributed by atoms with E-state index in [1.54, 1.807) is 13.8 Å². The zero-order valence-electron chi connectivity index (χ0n) is 9.77.